The van der Waals surface area contributed by atoms with Crippen molar-refractivity contribution in [3.63, 3.8) is 0 Å². The SMILES string of the molecule is CCCCCCc1c(COC(=O)NC(C)(C)C)c(CC(C)C)nc2ccc(OCc3ccccc3)cc12. The molecule has 0 aliphatic carbocycles. The highest BCUT2D eigenvalue weighted by Gasteiger charge is 2.20. The lowest BCUT2D eigenvalue weighted by molar-refractivity contribution is 0.130. The number of alkyl carbamates (subject to hydrolysis) is 1. The molecule has 0 saturated carbocycles. The van der Waals surface area contributed by atoms with Crippen molar-refractivity contribution >= 4 is 17.0 Å². The van der Waals surface area contributed by atoms with Crippen molar-refractivity contribution in [2.24, 2.45) is 5.92 Å². The number of carbonyl (C=O) groups excluding carboxylic acids is 1. The van der Waals surface area contributed by atoms with Gasteiger partial charge in [-0.25, -0.2) is 4.79 Å². The first-order valence-corrected chi connectivity index (χ1v) is 13.7. The second-order valence-electron chi connectivity index (χ2n) is 11.3. The summed E-state index contributed by atoms with van der Waals surface area (Å²) >= 11 is 0. The molecule has 3 aromatic rings. The number of hydrogen-bond acceptors (Lipinski definition) is 4. The fraction of sp³-hybridized carbons (Fsp3) is 0.500. The third kappa shape index (κ3) is 9.07. The molecule has 0 unspecified atom stereocenters. The van der Waals surface area contributed by atoms with Crippen LogP contribution < -0.4 is 10.1 Å². The summed E-state index contributed by atoms with van der Waals surface area (Å²) in [6.07, 6.45) is 6.03. The largest absolute Gasteiger partial charge is 0.489 e. The van der Waals surface area contributed by atoms with E-state index in [0.29, 0.717) is 12.5 Å². The van der Waals surface area contributed by atoms with Gasteiger partial charge in [-0.1, -0.05) is 70.4 Å². The van der Waals surface area contributed by atoms with Crippen molar-refractivity contribution in [1.82, 2.24) is 10.3 Å². The van der Waals surface area contributed by atoms with Crippen LogP contribution in [0.2, 0.25) is 0 Å². The Morgan fingerprint density at radius 1 is 0.973 bits per heavy atom. The Bertz CT molecular complexity index is 1150. The van der Waals surface area contributed by atoms with E-state index in [1.165, 1.54) is 24.8 Å². The highest BCUT2D eigenvalue weighted by molar-refractivity contribution is 5.85. The minimum atomic E-state index is -0.403. The van der Waals surface area contributed by atoms with Crippen molar-refractivity contribution < 1.29 is 14.3 Å². The third-order valence-electron chi connectivity index (χ3n) is 6.22. The summed E-state index contributed by atoms with van der Waals surface area (Å²) in [6.45, 7) is 13.2. The molecule has 5 nitrogen and oxygen atoms in total. The van der Waals surface area contributed by atoms with Crippen molar-refractivity contribution in [1.29, 1.82) is 0 Å². The van der Waals surface area contributed by atoms with Crippen LogP contribution in [0.4, 0.5) is 4.79 Å². The predicted molar refractivity (Wildman–Crippen MR) is 152 cm³/mol. The van der Waals surface area contributed by atoms with E-state index < -0.39 is 6.09 Å². The van der Waals surface area contributed by atoms with E-state index in [0.717, 1.165) is 52.7 Å². The summed E-state index contributed by atoms with van der Waals surface area (Å²) in [7, 11) is 0. The van der Waals surface area contributed by atoms with Gasteiger partial charge in [0.1, 0.15) is 19.0 Å². The van der Waals surface area contributed by atoms with Gasteiger partial charge in [-0.2, -0.15) is 0 Å². The van der Waals surface area contributed by atoms with Gasteiger partial charge in [-0.3, -0.25) is 4.98 Å². The maximum Gasteiger partial charge on any atom is 0.407 e. The van der Waals surface area contributed by atoms with Gasteiger partial charge in [0.2, 0.25) is 0 Å². The van der Waals surface area contributed by atoms with Crippen molar-refractivity contribution in [3.05, 3.63) is 70.9 Å². The number of rotatable bonds is 12. The number of hydrogen-bond donors (Lipinski definition) is 1. The van der Waals surface area contributed by atoms with Crippen LogP contribution in [0.15, 0.2) is 48.5 Å². The molecule has 0 atom stereocenters. The lowest BCUT2D eigenvalue weighted by Crippen LogP contribution is -2.40. The lowest BCUT2D eigenvalue weighted by atomic mass is 9.92. The summed E-state index contributed by atoms with van der Waals surface area (Å²) in [5, 5.41) is 3.99. The number of aryl methyl sites for hydroxylation is 1. The molecule has 0 aliphatic rings. The van der Waals surface area contributed by atoms with Crippen LogP contribution in [-0.4, -0.2) is 16.6 Å². The molecular formula is C32H44N2O3. The minimum Gasteiger partial charge on any atom is -0.489 e. The molecule has 0 spiro atoms. The molecule has 2 aromatic carbocycles. The summed E-state index contributed by atoms with van der Waals surface area (Å²) in [6, 6.07) is 16.4. The Balaban J connectivity index is 1.99. The van der Waals surface area contributed by atoms with Crippen LogP contribution in [0.1, 0.15) is 89.6 Å². The van der Waals surface area contributed by atoms with Gasteiger partial charge in [0, 0.05) is 22.2 Å². The number of benzene rings is 2. The van der Waals surface area contributed by atoms with Gasteiger partial charge in [0.05, 0.1) is 5.52 Å². The fourth-order valence-electron chi connectivity index (χ4n) is 4.45. The average molecular weight is 505 g/mol. The number of pyridine rings is 1. The first kappa shape index (κ1) is 28.5. The zero-order chi connectivity index (χ0) is 26.8. The van der Waals surface area contributed by atoms with Gasteiger partial charge in [-0.15, -0.1) is 0 Å². The van der Waals surface area contributed by atoms with E-state index in [1.54, 1.807) is 0 Å². The van der Waals surface area contributed by atoms with Gasteiger partial charge >= 0.3 is 6.09 Å². The average Bonchev–Trinajstić information content (AvgIpc) is 2.84. The number of carbonyl (C=O) groups is 1. The molecular weight excluding hydrogens is 460 g/mol. The van der Waals surface area contributed by atoms with Crippen molar-refractivity contribution in [2.45, 2.75) is 98.8 Å². The highest BCUT2D eigenvalue weighted by Crippen LogP contribution is 2.31. The minimum absolute atomic E-state index is 0.213. The molecule has 0 radical (unpaired) electrons. The summed E-state index contributed by atoms with van der Waals surface area (Å²) in [5.41, 5.74) is 5.04. The lowest BCUT2D eigenvalue weighted by Gasteiger charge is -2.22. The van der Waals surface area contributed by atoms with E-state index in [4.69, 9.17) is 14.5 Å². The number of fused-ring (bicyclic) bond motifs is 1. The normalized spacial score (nSPS) is 11.6. The molecule has 200 valence electrons. The number of nitrogens with zero attached hydrogens (tertiary/aromatic N) is 1. The Kier molecular flexibility index (Phi) is 10.4. The van der Waals surface area contributed by atoms with Crippen LogP contribution in [0.5, 0.6) is 5.75 Å². The molecule has 0 fully saturated rings. The van der Waals surface area contributed by atoms with Gasteiger partial charge in [-0.05, 0) is 75.3 Å². The third-order valence-corrected chi connectivity index (χ3v) is 6.22. The smallest absolute Gasteiger partial charge is 0.407 e. The Morgan fingerprint density at radius 3 is 2.41 bits per heavy atom. The Morgan fingerprint density at radius 2 is 1.73 bits per heavy atom. The Hall–Kier alpha value is -3.08. The van der Waals surface area contributed by atoms with Gasteiger partial charge in [0.15, 0.2) is 0 Å². The molecule has 0 saturated heterocycles. The monoisotopic (exact) mass is 504 g/mol. The highest BCUT2D eigenvalue weighted by atomic mass is 16.5. The summed E-state index contributed by atoms with van der Waals surface area (Å²) in [4.78, 5) is 17.6. The second-order valence-corrected chi connectivity index (χ2v) is 11.3. The summed E-state index contributed by atoms with van der Waals surface area (Å²) in [5.74, 6) is 1.26. The zero-order valence-electron chi connectivity index (χ0n) is 23.5. The van der Waals surface area contributed by atoms with E-state index in [-0.39, 0.29) is 12.1 Å². The predicted octanol–water partition coefficient (Wildman–Crippen LogP) is 8.16. The quantitative estimate of drug-likeness (QED) is 0.253. The van der Waals surface area contributed by atoms with Crippen molar-refractivity contribution in [3.8, 4) is 5.75 Å². The maximum absolute atomic E-state index is 12.5. The number of amides is 1. The molecule has 5 heteroatoms. The van der Waals surface area contributed by atoms with E-state index in [2.05, 4.69) is 50.4 Å². The van der Waals surface area contributed by atoms with Crippen molar-refractivity contribution in [2.75, 3.05) is 0 Å². The molecule has 1 N–H and O–H groups in total. The van der Waals surface area contributed by atoms with E-state index in [1.807, 2.05) is 45.0 Å². The van der Waals surface area contributed by atoms with E-state index >= 15 is 0 Å². The van der Waals surface area contributed by atoms with Crippen LogP contribution >= 0.6 is 0 Å². The van der Waals surface area contributed by atoms with Crippen LogP contribution in [0.25, 0.3) is 10.9 Å². The van der Waals surface area contributed by atoms with Crippen LogP contribution in [0, 0.1) is 5.92 Å². The molecule has 1 amide bonds. The molecule has 37 heavy (non-hydrogen) atoms. The van der Waals surface area contributed by atoms with Gasteiger partial charge in [0.25, 0.3) is 0 Å². The van der Waals surface area contributed by atoms with Gasteiger partial charge < -0.3 is 14.8 Å². The zero-order valence-corrected chi connectivity index (χ0v) is 23.5. The fourth-order valence-corrected chi connectivity index (χ4v) is 4.45. The first-order valence-electron chi connectivity index (χ1n) is 13.7. The van der Waals surface area contributed by atoms with Crippen LogP contribution in [0.3, 0.4) is 0 Å². The maximum atomic E-state index is 12.5. The summed E-state index contributed by atoms with van der Waals surface area (Å²) < 4.78 is 11.9. The number of unbranched alkanes of at least 4 members (excludes halogenated alkanes) is 3. The Labute approximate surface area is 223 Å². The molecule has 0 aliphatic heterocycles. The van der Waals surface area contributed by atoms with E-state index in [9.17, 15) is 4.79 Å². The standard InChI is InChI=1S/C32H44N2O3/c1-7-8-9-13-16-26-27-20-25(36-21-24-14-11-10-12-15-24)17-18-29(27)33-30(19-23(2)3)28(26)22-37-31(35)34-32(4,5)6/h10-12,14-15,17-18,20,23H,7-9,13,16,19,21-22H2,1-6H3,(H,34,35). The number of nitrogens with one attached hydrogen (secondary N) is 1. The van der Waals surface area contributed by atoms with Crippen LogP contribution in [-0.2, 0) is 30.8 Å². The first-order chi connectivity index (χ1) is 17.7. The molecule has 1 aromatic heterocycles. The molecule has 1 heterocycles. The number of aromatic nitrogens is 1. The second kappa shape index (κ2) is 13.5. The number of ether oxygens (including phenoxy) is 2. The molecule has 3 rings (SSSR count). The topological polar surface area (TPSA) is 60.5 Å². The molecule has 0 bridgehead atoms.